The van der Waals surface area contributed by atoms with Crippen LogP contribution in [0.3, 0.4) is 0 Å². The van der Waals surface area contributed by atoms with Crippen LogP contribution in [0.25, 0.3) is 10.9 Å². The fraction of sp³-hybridized carbons (Fsp3) is 0.312. The van der Waals surface area contributed by atoms with Crippen molar-refractivity contribution < 1.29 is 18.0 Å². The van der Waals surface area contributed by atoms with Crippen molar-refractivity contribution in [3.63, 3.8) is 0 Å². The molecule has 3 nitrogen and oxygen atoms in total. The number of carbonyl (C=O) groups excluding carboxylic acids is 1. The predicted molar refractivity (Wildman–Crippen MR) is 77.4 cm³/mol. The van der Waals surface area contributed by atoms with Crippen LogP contribution in [0.1, 0.15) is 17.2 Å². The summed E-state index contributed by atoms with van der Waals surface area (Å²) in [4.78, 5) is 13.1. The van der Waals surface area contributed by atoms with Gasteiger partial charge in [0.1, 0.15) is 0 Å². The largest absolute Gasteiger partial charge is 0.416 e. The zero-order chi connectivity index (χ0) is 16.1. The summed E-state index contributed by atoms with van der Waals surface area (Å²) in [6.07, 6.45) is -3.07. The van der Waals surface area contributed by atoms with Crippen LogP contribution < -0.4 is 0 Å². The Morgan fingerprint density at radius 1 is 1.32 bits per heavy atom. The summed E-state index contributed by atoms with van der Waals surface area (Å²) in [6.45, 7) is 4.58. The second-order valence-electron chi connectivity index (χ2n) is 5.54. The predicted octanol–water partition coefficient (Wildman–Crippen LogP) is 3.31. The summed E-state index contributed by atoms with van der Waals surface area (Å²) >= 11 is 0. The highest BCUT2D eigenvalue weighted by Gasteiger charge is 2.34. The van der Waals surface area contributed by atoms with Gasteiger partial charge in [-0.05, 0) is 29.7 Å². The van der Waals surface area contributed by atoms with Crippen molar-refractivity contribution in [3.8, 4) is 0 Å². The Balaban J connectivity index is 1.91. The molecular formula is C16H15F3N2O. The number of aromatic nitrogens is 1. The van der Waals surface area contributed by atoms with E-state index in [0.29, 0.717) is 18.6 Å². The molecule has 0 atom stereocenters. The number of benzene rings is 1. The lowest BCUT2D eigenvalue weighted by Gasteiger charge is -2.38. The summed E-state index contributed by atoms with van der Waals surface area (Å²) in [5.74, 6) is 0.0324. The third kappa shape index (κ3) is 2.28. The minimum atomic E-state index is -4.34. The molecule has 0 N–H and O–H groups in total. The number of likely N-dealkylation sites (tertiary alicyclic amines) is 1. The molecule has 1 fully saturated rings. The highest BCUT2D eigenvalue weighted by Crippen LogP contribution is 2.35. The SMILES string of the molecule is C=CC(=O)N1CC(c2cc3ccc(C(F)(F)F)cc3n2C)C1. The van der Waals surface area contributed by atoms with Gasteiger partial charge in [-0.25, -0.2) is 0 Å². The molecule has 2 aromatic rings. The zero-order valence-electron chi connectivity index (χ0n) is 12.0. The molecule has 1 aliphatic rings. The normalized spacial score (nSPS) is 15.9. The molecule has 0 unspecified atom stereocenters. The average molecular weight is 308 g/mol. The van der Waals surface area contributed by atoms with Gasteiger partial charge in [0.15, 0.2) is 0 Å². The number of hydrogen-bond donors (Lipinski definition) is 0. The Morgan fingerprint density at radius 2 is 2.00 bits per heavy atom. The molecule has 1 aliphatic heterocycles. The number of hydrogen-bond acceptors (Lipinski definition) is 1. The lowest BCUT2D eigenvalue weighted by atomic mass is 9.96. The highest BCUT2D eigenvalue weighted by atomic mass is 19.4. The number of amides is 1. The highest BCUT2D eigenvalue weighted by molar-refractivity contribution is 5.88. The van der Waals surface area contributed by atoms with Crippen molar-refractivity contribution in [2.75, 3.05) is 13.1 Å². The van der Waals surface area contributed by atoms with E-state index in [4.69, 9.17) is 0 Å². The molecular weight excluding hydrogens is 293 g/mol. The van der Waals surface area contributed by atoms with Gasteiger partial charge in [-0.15, -0.1) is 0 Å². The number of rotatable bonds is 2. The standard InChI is InChI=1S/C16H15F3N2O/c1-3-15(22)21-8-11(9-21)13-6-10-4-5-12(16(17,18)19)7-14(10)20(13)2/h3-7,11H,1,8-9H2,2H3. The fourth-order valence-electron chi connectivity index (χ4n) is 2.89. The van der Waals surface area contributed by atoms with E-state index < -0.39 is 11.7 Å². The molecule has 116 valence electrons. The van der Waals surface area contributed by atoms with Crippen LogP contribution in [-0.2, 0) is 18.0 Å². The molecule has 0 aliphatic carbocycles. The van der Waals surface area contributed by atoms with Crippen molar-refractivity contribution >= 4 is 16.8 Å². The maximum Gasteiger partial charge on any atom is 0.416 e. The average Bonchev–Trinajstić information content (AvgIpc) is 2.73. The Morgan fingerprint density at radius 3 is 2.59 bits per heavy atom. The third-order valence-corrected chi connectivity index (χ3v) is 4.20. The van der Waals surface area contributed by atoms with E-state index >= 15 is 0 Å². The monoisotopic (exact) mass is 308 g/mol. The van der Waals surface area contributed by atoms with E-state index in [0.717, 1.165) is 17.1 Å². The van der Waals surface area contributed by atoms with Gasteiger partial charge < -0.3 is 9.47 Å². The Hall–Kier alpha value is -2.24. The van der Waals surface area contributed by atoms with E-state index in [2.05, 4.69) is 6.58 Å². The topological polar surface area (TPSA) is 25.2 Å². The molecule has 1 saturated heterocycles. The van der Waals surface area contributed by atoms with Crippen LogP contribution in [0.15, 0.2) is 36.9 Å². The molecule has 1 amide bonds. The number of halogens is 3. The first-order valence-corrected chi connectivity index (χ1v) is 6.89. The summed E-state index contributed by atoms with van der Waals surface area (Å²) in [5.41, 5.74) is 0.852. The van der Waals surface area contributed by atoms with Gasteiger partial charge in [-0.3, -0.25) is 4.79 Å². The van der Waals surface area contributed by atoms with Gasteiger partial charge in [0, 0.05) is 37.3 Å². The molecule has 0 saturated carbocycles. The zero-order valence-corrected chi connectivity index (χ0v) is 12.0. The van der Waals surface area contributed by atoms with E-state index in [9.17, 15) is 18.0 Å². The fourth-order valence-corrected chi connectivity index (χ4v) is 2.89. The second-order valence-corrected chi connectivity index (χ2v) is 5.54. The van der Waals surface area contributed by atoms with E-state index in [1.54, 1.807) is 16.5 Å². The van der Waals surface area contributed by atoms with Crippen LogP contribution in [0.2, 0.25) is 0 Å². The lowest BCUT2D eigenvalue weighted by Crippen LogP contribution is -2.48. The van der Waals surface area contributed by atoms with Gasteiger partial charge in [0.2, 0.25) is 5.91 Å². The molecule has 0 spiro atoms. The minimum absolute atomic E-state index is 0.116. The minimum Gasteiger partial charge on any atom is -0.347 e. The van der Waals surface area contributed by atoms with Crippen molar-refractivity contribution in [2.45, 2.75) is 12.1 Å². The first kappa shape index (κ1) is 14.7. The Labute approximate surface area is 125 Å². The molecule has 2 heterocycles. The molecule has 6 heteroatoms. The first-order chi connectivity index (χ1) is 10.3. The van der Waals surface area contributed by atoms with Crippen LogP contribution in [0.5, 0.6) is 0 Å². The summed E-state index contributed by atoms with van der Waals surface area (Å²) < 4.78 is 40.2. The molecule has 0 bridgehead atoms. The number of fused-ring (bicyclic) bond motifs is 1. The van der Waals surface area contributed by atoms with Gasteiger partial charge in [0.05, 0.1) is 5.56 Å². The smallest absolute Gasteiger partial charge is 0.347 e. The number of carbonyl (C=O) groups is 1. The lowest BCUT2D eigenvalue weighted by molar-refractivity contribution is -0.137. The molecule has 22 heavy (non-hydrogen) atoms. The number of nitrogens with zero attached hydrogens (tertiary/aromatic N) is 2. The quantitative estimate of drug-likeness (QED) is 0.781. The van der Waals surface area contributed by atoms with E-state index in [-0.39, 0.29) is 11.8 Å². The number of aryl methyl sites for hydroxylation is 1. The van der Waals surface area contributed by atoms with Gasteiger partial charge in [-0.1, -0.05) is 12.6 Å². The molecule has 1 aromatic carbocycles. The maximum atomic E-state index is 12.8. The van der Waals surface area contributed by atoms with Crippen molar-refractivity contribution in [1.29, 1.82) is 0 Å². The third-order valence-electron chi connectivity index (χ3n) is 4.20. The van der Waals surface area contributed by atoms with Gasteiger partial charge in [-0.2, -0.15) is 13.2 Å². The van der Waals surface area contributed by atoms with Crippen molar-refractivity contribution in [2.24, 2.45) is 7.05 Å². The van der Waals surface area contributed by atoms with Crippen LogP contribution in [0, 0.1) is 0 Å². The summed E-state index contributed by atoms with van der Waals surface area (Å²) in [6, 6.07) is 5.66. The van der Waals surface area contributed by atoms with Gasteiger partial charge >= 0.3 is 6.18 Å². The number of alkyl halides is 3. The van der Waals surface area contributed by atoms with Crippen LogP contribution in [-0.4, -0.2) is 28.5 Å². The van der Waals surface area contributed by atoms with E-state index in [1.165, 1.54) is 18.2 Å². The second kappa shape index (κ2) is 4.90. The summed E-state index contributed by atoms with van der Waals surface area (Å²) in [7, 11) is 1.76. The Kier molecular flexibility index (Phi) is 3.27. The molecule has 1 aromatic heterocycles. The maximum absolute atomic E-state index is 12.8. The van der Waals surface area contributed by atoms with Crippen LogP contribution in [0.4, 0.5) is 13.2 Å². The molecule has 0 radical (unpaired) electrons. The first-order valence-electron chi connectivity index (χ1n) is 6.89. The van der Waals surface area contributed by atoms with Crippen molar-refractivity contribution in [1.82, 2.24) is 9.47 Å². The Bertz CT molecular complexity index is 755. The van der Waals surface area contributed by atoms with E-state index in [1.807, 2.05) is 6.07 Å². The van der Waals surface area contributed by atoms with Crippen molar-refractivity contribution in [3.05, 3.63) is 48.2 Å². The van der Waals surface area contributed by atoms with Gasteiger partial charge in [0.25, 0.3) is 0 Å². The van der Waals surface area contributed by atoms with Crippen LogP contribution >= 0.6 is 0 Å². The molecule has 3 rings (SSSR count). The summed E-state index contributed by atoms with van der Waals surface area (Å²) in [5, 5.41) is 0.777.